The number of hydrogen-bond donors (Lipinski definition) is 1. The molecule has 4 nitrogen and oxygen atoms in total. The number of benzene rings is 3. The van der Waals surface area contributed by atoms with Crippen LogP contribution >= 0.6 is 11.8 Å². The van der Waals surface area contributed by atoms with Gasteiger partial charge in [0.25, 0.3) is 0 Å². The van der Waals surface area contributed by atoms with E-state index < -0.39 is 5.97 Å². The molecule has 0 aliphatic rings. The summed E-state index contributed by atoms with van der Waals surface area (Å²) in [5.41, 5.74) is 3.53. The first-order valence-corrected chi connectivity index (χ1v) is 9.71. The van der Waals surface area contributed by atoms with Crippen molar-refractivity contribution >= 4 is 28.6 Å². The van der Waals surface area contributed by atoms with E-state index in [-0.39, 0.29) is 11.4 Å². The minimum Gasteiger partial charge on any atom is -0.478 e. The number of carboxylic acids is 1. The van der Waals surface area contributed by atoms with E-state index in [4.69, 9.17) is 0 Å². The second-order valence-corrected chi connectivity index (χ2v) is 7.44. The number of fused-ring (bicyclic) bond motifs is 1. The molecule has 4 rings (SSSR count). The molecule has 4 aromatic rings. The van der Waals surface area contributed by atoms with Gasteiger partial charge in [-0.15, -0.1) is 11.8 Å². The highest BCUT2D eigenvalue weighted by molar-refractivity contribution is 7.98. The van der Waals surface area contributed by atoms with Crippen molar-refractivity contribution in [2.75, 3.05) is 0 Å². The smallest absolute Gasteiger partial charge is 0.335 e. The van der Waals surface area contributed by atoms with Crippen LogP contribution in [-0.4, -0.2) is 20.9 Å². The highest BCUT2D eigenvalue weighted by atomic mass is 32.2. The summed E-state index contributed by atoms with van der Waals surface area (Å²) in [6, 6.07) is 19.3. The molecule has 0 bridgehead atoms. The van der Waals surface area contributed by atoms with Crippen molar-refractivity contribution in [3.8, 4) is 5.69 Å². The predicted molar refractivity (Wildman–Crippen MR) is 109 cm³/mol. The molecule has 0 aliphatic heterocycles. The van der Waals surface area contributed by atoms with Crippen molar-refractivity contribution in [3.63, 3.8) is 0 Å². The number of hydrogen-bond acceptors (Lipinski definition) is 3. The minimum atomic E-state index is -0.993. The highest BCUT2D eigenvalue weighted by Crippen LogP contribution is 2.35. The van der Waals surface area contributed by atoms with Crippen LogP contribution in [0.25, 0.3) is 16.6 Å². The maximum absolute atomic E-state index is 13.3. The van der Waals surface area contributed by atoms with Crippen molar-refractivity contribution in [2.45, 2.75) is 17.6 Å². The molecule has 3 aromatic carbocycles. The molecule has 140 valence electrons. The molecule has 6 heteroatoms. The molecule has 0 unspecified atom stereocenters. The SMILES string of the molecule is Cc1nn(-c2ccc(F)cc2)c2cc(C(=O)O)cc(SCc3ccccc3)c12. The van der Waals surface area contributed by atoms with Crippen LogP contribution in [0.15, 0.2) is 71.6 Å². The van der Waals surface area contributed by atoms with Crippen molar-refractivity contribution in [3.05, 3.63) is 89.4 Å². The Morgan fingerprint density at radius 1 is 1.11 bits per heavy atom. The average molecular weight is 392 g/mol. The molecule has 1 N–H and O–H groups in total. The number of carbonyl (C=O) groups is 1. The van der Waals surface area contributed by atoms with Gasteiger partial charge in [-0.2, -0.15) is 5.10 Å². The lowest BCUT2D eigenvalue weighted by Gasteiger charge is -2.08. The molecule has 0 radical (unpaired) electrons. The fraction of sp³-hybridized carbons (Fsp3) is 0.0909. The third kappa shape index (κ3) is 3.51. The van der Waals surface area contributed by atoms with Gasteiger partial charge in [-0.25, -0.2) is 13.9 Å². The Bertz CT molecular complexity index is 1150. The van der Waals surface area contributed by atoms with Gasteiger partial charge < -0.3 is 5.11 Å². The summed E-state index contributed by atoms with van der Waals surface area (Å²) in [4.78, 5) is 12.5. The maximum Gasteiger partial charge on any atom is 0.335 e. The summed E-state index contributed by atoms with van der Waals surface area (Å²) in [5, 5.41) is 15.1. The second-order valence-electron chi connectivity index (χ2n) is 6.42. The Morgan fingerprint density at radius 2 is 1.82 bits per heavy atom. The van der Waals surface area contributed by atoms with Gasteiger partial charge in [0.15, 0.2) is 0 Å². The van der Waals surface area contributed by atoms with Crippen LogP contribution in [0, 0.1) is 12.7 Å². The Morgan fingerprint density at radius 3 is 2.50 bits per heavy atom. The van der Waals surface area contributed by atoms with E-state index in [0.29, 0.717) is 11.2 Å². The number of halogens is 1. The maximum atomic E-state index is 13.3. The Labute approximate surface area is 165 Å². The van der Waals surface area contributed by atoms with Gasteiger partial charge >= 0.3 is 5.97 Å². The second kappa shape index (κ2) is 7.48. The Kier molecular flexibility index (Phi) is 4.88. The quantitative estimate of drug-likeness (QED) is 0.458. The monoisotopic (exact) mass is 392 g/mol. The minimum absolute atomic E-state index is 0.200. The van der Waals surface area contributed by atoms with Crippen molar-refractivity contribution in [1.29, 1.82) is 0 Å². The fourth-order valence-corrected chi connectivity index (χ4v) is 4.26. The van der Waals surface area contributed by atoms with Crippen LogP contribution in [0.2, 0.25) is 0 Å². The molecular formula is C22H17FN2O2S. The van der Waals surface area contributed by atoms with Crippen LogP contribution < -0.4 is 0 Å². The number of rotatable bonds is 5. The largest absolute Gasteiger partial charge is 0.478 e. The lowest BCUT2D eigenvalue weighted by atomic mass is 10.1. The molecule has 0 spiro atoms. The van der Waals surface area contributed by atoms with Crippen LogP contribution in [0.1, 0.15) is 21.6 Å². The molecule has 28 heavy (non-hydrogen) atoms. The first-order chi connectivity index (χ1) is 13.5. The Hall–Kier alpha value is -3.12. The van der Waals surface area contributed by atoms with E-state index in [0.717, 1.165) is 27.3 Å². The highest BCUT2D eigenvalue weighted by Gasteiger charge is 2.17. The molecule has 1 aromatic heterocycles. The summed E-state index contributed by atoms with van der Waals surface area (Å²) in [6.45, 7) is 1.90. The lowest BCUT2D eigenvalue weighted by molar-refractivity contribution is 0.0696. The van der Waals surface area contributed by atoms with E-state index in [1.165, 1.54) is 12.1 Å². The number of aryl methyl sites for hydroxylation is 1. The number of nitrogens with zero attached hydrogens (tertiary/aromatic N) is 2. The first-order valence-electron chi connectivity index (χ1n) is 8.72. The van der Waals surface area contributed by atoms with Crippen molar-refractivity contribution in [1.82, 2.24) is 9.78 Å². The standard InChI is InChI=1S/C22H17FN2O2S/c1-14-21-19(25(24-14)18-9-7-17(23)8-10-18)11-16(22(26)27)12-20(21)28-13-15-5-3-2-4-6-15/h2-12H,13H2,1H3,(H,26,27). The van der Waals surface area contributed by atoms with Crippen molar-refractivity contribution in [2.24, 2.45) is 0 Å². The molecule has 0 saturated carbocycles. The van der Waals surface area contributed by atoms with E-state index in [1.54, 1.807) is 40.7 Å². The molecule has 0 fully saturated rings. The van der Waals surface area contributed by atoms with E-state index in [9.17, 15) is 14.3 Å². The first kappa shape index (κ1) is 18.3. The fourth-order valence-electron chi connectivity index (χ4n) is 3.14. The summed E-state index contributed by atoms with van der Waals surface area (Å²) < 4.78 is 15.0. The molecule has 0 aliphatic carbocycles. The zero-order valence-electron chi connectivity index (χ0n) is 15.1. The van der Waals surface area contributed by atoms with Crippen LogP contribution in [-0.2, 0) is 5.75 Å². The van der Waals surface area contributed by atoms with Gasteiger partial charge in [-0.3, -0.25) is 0 Å². The van der Waals surface area contributed by atoms with Crippen molar-refractivity contribution < 1.29 is 14.3 Å². The van der Waals surface area contributed by atoms with E-state index in [1.807, 2.05) is 37.3 Å². The predicted octanol–water partition coefficient (Wildman–Crippen LogP) is 5.46. The number of thioether (sulfide) groups is 1. The molecular weight excluding hydrogens is 375 g/mol. The normalized spacial score (nSPS) is 11.1. The van der Waals surface area contributed by atoms with Gasteiger partial charge in [0.2, 0.25) is 0 Å². The molecule has 0 amide bonds. The number of aromatic carboxylic acids is 1. The molecule has 1 heterocycles. The number of carboxylic acid groups (broad SMARTS) is 1. The molecule has 0 saturated heterocycles. The molecule has 0 atom stereocenters. The van der Waals surface area contributed by atoms with Gasteiger partial charge in [0.05, 0.1) is 22.5 Å². The zero-order valence-corrected chi connectivity index (χ0v) is 15.9. The zero-order chi connectivity index (χ0) is 19.7. The van der Waals surface area contributed by atoms with Crippen LogP contribution in [0.5, 0.6) is 0 Å². The summed E-state index contributed by atoms with van der Waals surface area (Å²) in [5.74, 6) is -0.601. The van der Waals surface area contributed by atoms with Gasteiger partial charge in [0.1, 0.15) is 5.82 Å². The van der Waals surface area contributed by atoms with Gasteiger partial charge in [-0.1, -0.05) is 30.3 Å². The summed E-state index contributed by atoms with van der Waals surface area (Å²) >= 11 is 1.58. The van der Waals surface area contributed by atoms with E-state index in [2.05, 4.69) is 5.10 Å². The van der Waals surface area contributed by atoms with Crippen LogP contribution in [0.4, 0.5) is 4.39 Å². The lowest BCUT2D eigenvalue weighted by Crippen LogP contribution is -2.00. The summed E-state index contributed by atoms with van der Waals surface area (Å²) in [7, 11) is 0. The Balaban J connectivity index is 1.84. The average Bonchev–Trinajstić information content (AvgIpc) is 3.04. The third-order valence-electron chi connectivity index (χ3n) is 4.48. The van der Waals surface area contributed by atoms with Gasteiger partial charge in [-0.05, 0) is 48.9 Å². The third-order valence-corrected chi connectivity index (χ3v) is 5.59. The van der Waals surface area contributed by atoms with Crippen LogP contribution in [0.3, 0.4) is 0 Å². The van der Waals surface area contributed by atoms with Gasteiger partial charge in [0, 0.05) is 16.0 Å². The number of aromatic nitrogens is 2. The van der Waals surface area contributed by atoms with E-state index >= 15 is 0 Å². The summed E-state index contributed by atoms with van der Waals surface area (Å²) in [6.07, 6.45) is 0. The topological polar surface area (TPSA) is 55.1 Å².